The number of hydrogen-bond donors (Lipinski definition) is 1. The van der Waals surface area contributed by atoms with E-state index in [0.29, 0.717) is 30.0 Å². The van der Waals surface area contributed by atoms with E-state index in [1.54, 1.807) is 6.20 Å². The third kappa shape index (κ3) is 3.99. The summed E-state index contributed by atoms with van der Waals surface area (Å²) in [4.78, 5) is 13.2. The van der Waals surface area contributed by atoms with Crippen LogP contribution in [-0.2, 0) is 14.8 Å². The van der Waals surface area contributed by atoms with Crippen molar-refractivity contribution in [1.29, 1.82) is 0 Å². The number of fused-ring (bicyclic) bond motifs is 1. The summed E-state index contributed by atoms with van der Waals surface area (Å²) in [5.74, 6) is -0.523. The van der Waals surface area contributed by atoms with Crippen LogP contribution in [0.1, 0.15) is 29.5 Å². The molecular weight excluding hydrogens is 418 g/mol. The molecule has 1 aliphatic rings. The molecule has 1 atom stereocenters. The maximum Gasteiger partial charge on any atom is 0.243 e. The Labute approximate surface area is 181 Å². The third-order valence-electron chi connectivity index (χ3n) is 5.58. The van der Waals surface area contributed by atoms with Gasteiger partial charge >= 0.3 is 0 Å². The molecule has 3 aromatic rings. The Kier molecular flexibility index (Phi) is 5.65. The fourth-order valence-electron chi connectivity index (χ4n) is 4.27. The number of piperidine rings is 1. The molecule has 2 heterocycles. The summed E-state index contributed by atoms with van der Waals surface area (Å²) in [6.45, 7) is 6.25. The number of carbonyl (C=O) groups excluding carboxylic acids is 1. The molecule has 8 heteroatoms. The van der Waals surface area contributed by atoms with Gasteiger partial charge in [-0.2, -0.15) is 8.68 Å². The second-order valence-corrected chi connectivity index (χ2v) is 10.7. The van der Waals surface area contributed by atoms with Gasteiger partial charge in [-0.05, 0) is 74.5 Å². The van der Waals surface area contributed by atoms with Crippen molar-refractivity contribution in [3.8, 4) is 0 Å². The van der Waals surface area contributed by atoms with Crippen LogP contribution in [0.3, 0.4) is 0 Å². The molecule has 2 aromatic carbocycles. The number of anilines is 1. The minimum Gasteiger partial charge on any atom is -0.326 e. The first kappa shape index (κ1) is 21.0. The smallest absolute Gasteiger partial charge is 0.243 e. The summed E-state index contributed by atoms with van der Waals surface area (Å²) in [6.07, 6.45) is 3.11. The average Bonchev–Trinajstić information content (AvgIpc) is 3.15. The van der Waals surface area contributed by atoms with E-state index >= 15 is 0 Å². The number of aryl methyl sites for hydroxylation is 3. The number of carbonyl (C=O) groups is 1. The number of benzene rings is 2. The zero-order chi connectivity index (χ0) is 21.5. The highest BCUT2D eigenvalue weighted by atomic mass is 32.2. The van der Waals surface area contributed by atoms with E-state index in [1.165, 1.54) is 15.8 Å². The molecular formula is C22H25N3O3S2. The fourth-order valence-corrected chi connectivity index (χ4v) is 6.83. The van der Waals surface area contributed by atoms with E-state index in [2.05, 4.69) is 9.69 Å². The molecule has 1 N–H and O–H groups in total. The van der Waals surface area contributed by atoms with Crippen molar-refractivity contribution in [2.75, 3.05) is 18.4 Å². The van der Waals surface area contributed by atoms with Crippen molar-refractivity contribution < 1.29 is 13.2 Å². The lowest BCUT2D eigenvalue weighted by Gasteiger charge is -2.32. The summed E-state index contributed by atoms with van der Waals surface area (Å²) < 4.78 is 33.4. The minimum absolute atomic E-state index is 0.144. The number of sulfonamides is 1. The van der Waals surface area contributed by atoms with Gasteiger partial charge in [0.15, 0.2) is 0 Å². The van der Waals surface area contributed by atoms with Crippen molar-refractivity contribution in [3.05, 3.63) is 53.2 Å². The van der Waals surface area contributed by atoms with E-state index < -0.39 is 10.0 Å². The molecule has 1 aliphatic heterocycles. The summed E-state index contributed by atoms with van der Waals surface area (Å²) in [6, 6.07) is 9.47. The Morgan fingerprint density at radius 1 is 1.17 bits per heavy atom. The topological polar surface area (TPSA) is 79.4 Å². The highest BCUT2D eigenvalue weighted by Crippen LogP contribution is 2.29. The summed E-state index contributed by atoms with van der Waals surface area (Å²) in [7, 11) is -3.65. The molecule has 0 spiro atoms. The first-order chi connectivity index (χ1) is 14.3. The molecule has 158 valence electrons. The number of hydrogen-bond acceptors (Lipinski definition) is 5. The van der Waals surface area contributed by atoms with Gasteiger partial charge in [0.1, 0.15) is 0 Å². The lowest BCUT2D eigenvalue weighted by molar-refractivity contribution is -0.120. The molecule has 0 saturated carbocycles. The van der Waals surface area contributed by atoms with Crippen LogP contribution in [0, 0.1) is 26.7 Å². The van der Waals surface area contributed by atoms with Gasteiger partial charge < -0.3 is 5.32 Å². The van der Waals surface area contributed by atoms with Crippen LogP contribution in [0.15, 0.2) is 41.4 Å². The lowest BCUT2D eigenvalue weighted by atomic mass is 9.98. The lowest BCUT2D eigenvalue weighted by Crippen LogP contribution is -2.44. The Morgan fingerprint density at radius 3 is 2.63 bits per heavy atom. The first-order valence-corrected chi connectivity index (χ1v) is 12.2. The molecule has 1 fully saturated rings. The van der Waals surface area contributed by atoms with Crippen molar-refractivity contribution in [3.63, 3.8) is 0 Å². The molecule has 30 heavy (non-hydrogen) atoms. The van der Waals surface area contributed by atoms with Crippen molar-refractivity contribution in [1.82, 2.24) is 8.68 Å². The van der Waals surface area contributed by atoms with Crippen molar-refractivity contribution >= 4 is 43.2 Å². The van der Waals surface area contributed by atoms with Gasteiger partial charge in [0.25, 0.3) is 0 Å². The normalized spacial score (nSPS) is 17.9. The van der Waals surface area contributed by atoms with Crippen LogP contribution in [0.2, 0.25) is 0 Å². The Bertz CT molecular complexity index is 1190. The maximum absolute atomic E-state index is 13.4. The molecule has 1 amide bonds. The zero-order valence-corrected chi connectivity index (χ0v) is 18.9. The largest absolute Gasteiger partial charge is 0.326 e. The predicted octanol–water partition coefficient (Wildman–Crippen LogP) is 4.26. The molecule has 0 unspecified atom stereocenters. The zero-order valence-electron chi connectivity index (χ0n) is 17.3. The first-order valence-electron chi connectivity index (χ1n) is 9.99. The van der Waals surface area contributed by atoms with Gasteiger partial charge in [-0.15, -0.1) is 0 Å². The molecule has 1 aromatic heterocycles. The van der Waals surface area contributed by atoms with Gasteiger partial charge in [0.2, 0.25) is 15.9 Å². The number of aromatic nitrogens is 1. The molecule has 0 bridgehead atoms. The SMILES string of the molecule is Cc1cc(C)c(S(=O)(=O)N2CCC[C@@H](C(=O)Nc3ccc4sncc4c3)C2)c(C)c1. The Morgan fingerprint density at radius 2 is 1.90 bits per heavy atom. The Balaban J connectivity index is 1.53. The summed E-state index contributed by atoms with van der Waals surface area (Å²) in [5, 5.41) is 3.93. The quantitative estimate of drug-likeness (QED) is 0.653. The van der Waals surface area contributed by atoms with Gasteiger partial charge in [-0.25, -0.2) is 8.42 Å². The minimum atomic E-state index is -3.65. The number of rotatable bonds is 4. The average molecular weight is 444 g/mol. The van der Waals surface area contributed by atoms with Crippen LogP contribution in [0.25, 0.3) is 10.1 Å². The number of nitrogens with zero attached hydrogens (tertiary/aromatic N) is 2. The van der Waals surface area contributed by atoms with Gasteiger partial charge in [-0.1, -0.05) is 17.7 Å². The van der Waals surface area contributed by atoms with Crippen LogP contribution >= 0.6 is 11.5 Å². The van der Waals surface area contributed by atoms with Crippen LogP contribution in [-0.4, -0.2) is 36.1 Å². The van der Waals surface area contributed by atoms with E-state index in [1.807, 2.05) is 51.1 Å². The maximum atomic E-state index is 13.4. The van der Waals surface area contributed by atoms with Gasteiger partial charge in [0.05, 0.1) is 15.5 Å². The third-order valence-corrected chi connectivity index (χ3v) is 8.53. The van der Waals surface area contributed by atoms with E-state index in [9.17, 15) is 13.2 Å². The van der Waals surface area contributed by atoms with E-state index in [-0.39, 0.29) is 18.4 Å². The second-order valence-electron chi connectivity index (χ2n) is 8.00. The molecule has 0 radical (unpaired) electrons. The molecule has 6 nitrogen and oxygen atoms in total. The molecule has 0 aliphatic carbocycles. The number of nitrogens with one attached hydrogen (secondary N) is 1. The van der Waals surface area contributed by atoms with E-state index in [4.69, 9.17) is 0 Å². The number of amides is 1. The van der Waals surface area contributed by atoms with E-state index in [0.717, 1.165) is 26.8 Å². The second kappa shape index (κ2) is 8.09. The fraction of sp³-hybridized carbons (Fsp3) is 0.364. The van der Waals surface area contributed by atoms with Crippen LogP contribution < -0.4 is 5.32 Å². The highest BCUT2D eigenvalue weighted by Gasteiger charge is 2.34. The monoisotopic (exact) mass is 443 g/mol. The molecule has 4 rings (SSSR count). The van der Waals surface area contributed by atoms with Gasteiger partial charge in [-0.3, -0.25) is 4.79 Å². The van der Waals surface area contributed by atoms with Gasteiger partial charge in [0, 0.05) is 30.4 Å². The van der Waals surface area contributed by atoms with Crippen LogP contribution in [0.4, 0.5) is 5.69 Å². The summed E-state index contributed by atoms with van der Waals surface area (Å²) >= 11 is 1.41. The predicted molar refractivity (Wildman–Crippen MR) is 120 cm³/mol. The molecule has 1 saturated heterocycles. The summed E-state index contributed by atoms with van der Waals surface area (Å²) in [5.41, 5.74) is 3.24. The highest BCUT2D eigenvalue weighted by molar-refractivity contribution is 7.89. The Hall–Kier alpha value is -2.29. The van der Waals surface area contributed by atoms with Crippen molar-refractivity contribution in [2.24, 2.45) is 5.92 Å². The van der Waals surface area contributed by atoms with Crippen LogP contribution in [0.5, 0.6) is 0 Å². The standard InChI is InChI=1S/C22H25N3O3S2/c1-14-9-15(2)21(16(3)10-14)30(27,28)25-8-4-5-17(13-25)22(26)24-19-6-7-20-18(11-19)12-23-29-20/h6-7,9-12,17H,4-5,8,13H2,1-3H3,(H,24,26)/t17-/m1/s1. The van der Waals surface area contributed by atoms with Crippen molar-refractivity contribution in [2.45, 2.75) is 38.5 Å².